The molecule has 2 unspecified atom stereocenters. The summed E-state index contributed by atoms with van der Waals surface area (Å²) in [5.41, 5.74) is 0.364. The number of ether oxygens (including phenoxy) is 2. The zero-order chi connectivity index (χ0) is 25.4. The van der Waals surface area contributed by atoms with E-state index >= 15 is 0 Å². The molecule has 0 radical (unpaired) electrons. The first-order valence-electron chi connectivity index (χ1n) is 12.4. The number of hydrogen-bond acceptors (Lipinski definition) is 8. The first-order chi connectivity index (χ1) is 17.5. The number of aliphatic hydroxyl groups is 1. The van der Waals surface area contributed by atoms with Gasteiger partial charge in [-0.3, -0.25) is 14.4 Å². The summed E-state index contributed by atoms with van der Waals surface area (Å²) in [6, 6.07) is 6.52. The molecule has 3 aliphatic heterocycles. The van der Waals surface area contributed by atoms with Crippen molar-refractivity contribution in [3.05, 3.63) is 36.9 Å². The number of carbonyl (C=O) groups excluding carboxylic acids is 3. The number of nitrogens with zero attached hydrogens (tertiary/aromatic N) is 5. The van der Waals surface area contributed by atoms with Crippen molar-refractivity contribution in [2.45, 2.75) is 50.6 Å². The number of benzene rings is 1. The smallest absolute Gasteiger partial charge is 0.312 e. The van der Waals surface area contributed by atoms with Gasteiger partial charge in [-0.1, -0.05) is 23.4 Å². The van der Waals surface area contributed by atoms with Crippen molar-refractivity contribution in [2.24, 2.45) is 11.8 Å². The molecule has 11 heteroatoms. The number of likely N-dealkylation sites (tertiary alicyclic amines) is 1. The average Bonchev–Trinajstić information content (AvgIpc) is 3.62. The molecule has 1 aromatic carbocycles. The van der Waals surface area contributed by atoms with Gasteiger partial charge in [0.1, 0.15) is 23.8 Å². The predicted molar refractivity (Wildman–Crippen MR) is 127 cm³/mol. The van der Waals surface area contributed by atoms with Crippen molar-refractivity contribution in [1.29, 1.82) is 0 Å². The van der Waals surface area contributed by atoms with Gasteiger partial charge in [0.25, 0.3) is 0 Å². The Kier molecular flexibility index (Phi) is 6.52. The van der Waals surface area contributed by atoms with E-state index < -0.39 is 35.6 Å². The third kappa shape index (κ3) is 3.68. The van der Waals surface area contributed by atoms with Crippen molar-refractivity contribution >= 4 is 28.8 Å². The molecule has 5 atom stereocenters. The Labute approximate surface area is 208 Å². The van der Waals surface area contributed by atoms with Crippen molar-refractivity contribution in [3.63, 3.8) is 0 Å². The summed E-state index contributed by atoms with van der Waals surface area (Å²) < 4.78 is 13.3. The molecule has 2 bridgehead atoms. The van der Waals surface area contributed by atoms with Crippen LogP contribution in [0.1, 0.15) is 26.2 Å². The van der Waals surface area contributed by atoms with Crippen molar-refractivity contribution in [1.82, 2.24) is 24.8 Å². The minimum absolute atomic E-state index is 0.107. The number of aliphatic hydroxyl groups excluding tert-OH is 1. The first-order valence-corrected chi connectivity index (χ1v) is 12.4. The highest BCUT2D eigenvalue weighted by Gasteiger charge is 2.75. The fraction of sp³-hybridized carbons (Fsp3) is 0.560. The van der Waals surface area contributed by atoms with Crippen LogP contribution in [0.4, 0.5) is 0 Å². The molecule has 1 N–H and O–H groups in total. The molecule has 192 valence electrons. The average molecular weight is 498 g/mol. The molecular formula is C25H31N5O6. The fourth-order valence-corrected chi connectivity index (χ4v) is 6.15. The lowest BCUT2D eigenvalue weighted by atomic mass is 9.70. The number of para-hydroxylation sites is 1. The van der Waals surface area contributed by atoms with Gasteiger partial charge in [-0.05, 0) is 38.3 Å². The van der Waals surface area contributed by atoms with E-state index in [1.807, 2.05) is 24.3 Å². The number of esters is 1. The normalized spacial score (nSPS) is 28.5. The molecule has 0 aliphatic carbocycles. The van der Waals surface area contributed by atoms with E-state index in [9.17, 15) is 19.5 Å². The topological polar surface area (TPSA) is 127 Å². The number of rotatable bonds is 10. The van der Waals surface area contributed by atoms with Crippen LogP contribution in [-0.2, 0) is 30.5 Å². The Morgan fingerprint density at radius 1 is 1.39 bits per heavy atom. The standard InChI is InChI=1S/C25H31N5O6/c1-3-12-28(15-30-17-9-6-5-8-16(17)26-27-30)23(33)21-25-11-10-18(36-25)19(24(34)35-4-2)20(25)22(32)29(21)13-7-14-31/h3,5-6,8-9,18-21,31H,1,4,7,10-15H2,2H3/t18-,19+,20-,21?,25?/m0/s1. The third-order valence-electron chi connectivity index (χ3n) is 7.54. The van der Waals surface area contributed by atoms with Crippen molar-refractivity contribution < 1.29 is 29.0 Å². The van der Waals surface area contributed by atoms with Gasteiger partial charge in [-0.25, -0.2) is 4.68 Å². The van der Waals surface area contributed by atoms with Crippen LogP contribution >= 0.6 is 0 Å². The highest BCUT2D eigenvalue weighted by molar-refractivity contribution is 5.98. The van der Waals surface area contributed by atoms with Crippen LogP contribution in [-0.4, -0.2) is 91.7 Å². The molecule has 5 rings (SSSR count). The van der Waals surface area contributed by atoms with Gasteiger partial charge in [-0.2, -0.15) is 0 Å². The number of aromatic nitrogens is 3. The highest BCUT2D eigenvalue weighted by atomic mass is 16.6. The van der Waals surface area contributed by atoms with E-state index in [0.717, 1.165) is 5.52 Å². The van der Waals surface area contributed by atoms with E-state index in [1.165, 1.54) is 4.90 Å². The van der Waals surface area contributed by atoms with Crippen LogP contribution in [0.3, 0.4) is 0 Å². The van der Waals surface area contributed by atoms with Gasteiger partial charge in [-0.15, -0.1) is 11.7 Å². The predicted octanol–water partition coefficient (Wildman–Crippen LogP) is 0.724. The first kappa shape index (κ1) is 24.4. The zero-order valence-corrected chi connectivity index (χ0v) is 20.3. The molecule has 2 aromatic rings. The number of carbonyl (C=O) groups is 3. The second-order valence-electron chi connectivity index (χ2n) is 9.49. The molecule has 4 heterocycles. The maximum atomic E-state index is 14.2. The largest absolute Gasteiger partial charge is 0.466 e. The molecule has 2 amide bonds. The summed E-state index contributed by atoms with van der Waals surface area (Å²) in [5.74, 6) is -2.61. The monoisotopic (exact) mass is 497 g/mol. The highest BCUT2D eigenvalue weighted by Crippen LogP contribution is 2.58. The molecule has 0 saturated carbocycles. The number of hydrogen-bond donors (Lipinski definition) is 1. The summed E-state index contributed by atoms with van der Waals surface area (Å²) in [6.07, 6.45) is 2.53. The van der Waals surface area contributed by atoms with Crippen molar-refractivity contribution in [2.75, 3.05) is 26.3 Å². The summed E-state index contributed by atoms with van der Waals surface area (Å²) in [6.45, 7) is 6.11. The van der Waals surface area contributed by atoms with Crippen LogP contribution in [0.15, 0.2) is 36.9 Å². The van der Waals surface area contributed by atoms with Gasteiger partial charge < -0.3 is 24.4 Å². The zero-order valence-electron chi connectivity index (χ0n) is 20.3. The third-order valence-corrected chi connectivity index (χ3v) is 7.54. The Balaban J connectivity index is 1.50. The second-order valence-corrected chi connectivity index (χ2v) is 9.49. The fourth-order valence-electron chi connectivity index (χ4n) is 6.15. The Morgan fingerprint density at radius 3 is 2.94 bits per heavy atom. The minimum atomic E-state index is -1.12. The van der Waals surface area contributed by atoms with E-state index in [0.29, 0.717) is 24.8 Å². The molecule has 3 fully saturated rings. The quantitative estimate of drug-likeness (QED) is 0.376. The molecular weight excluding hydrogens is 466 g/mol. The second kappa shape index (κ2) is 9.62. The summed E-state index contributed by atoms with van der Waals surface area (Å²) >= 11 is 0. The lowest BCUT2D eigenvalue weighted by Gasteiger charge is -2.36. The van der Waals surface area contributed by atoms with E-state index in [4.69, 9.17) is 9.47 Å². The molecule has 36 heavy (non-hydrogen) atoms. The maximum absolute atomic E-state index is 14.2. The molecule has 1 spiro atoms. The molecule has 11 nitrogen and oxygen atoms in total. The minimum Gasteiger partial charge on any atom is -0.466 e. The Bertz CT molecular complexity index is 1180. The Morgan fingerprint density at radius 2 is 2.19 bits per heavy atom. The van der Waals surface area contributed by atoms with Crippen LogP contribution in [0.25, 0.3) is 11.0 Å². The van der Waals surface area contributed by atoms with Gasteiger partial charge >= 0.3 is 5.97 Å². The molecule has 3 aliphatic rings. The molecule has 3 saturated heterocycles. The van der Waals surface area contributed by atoms with Crippen LogP contribution in [0, 0.1) is 11.8 Å². The summed E-state index contributed by atoms with van der Waals surface area (Å²) in [5, 5.41) is 17.9. The van der Waals surface area contributed by atoms with Gasteiger partial charge in [0.15, 0.2) is 0 Å². The molecule has 1 aromatic heterocycles. The number of amides is 2. The summed E-state index contributed by atoms with van der Waals surface area (Å²) in [7, 11) is 0. The lowest BCUT2D eigenvalue weighted by molar-refractivity contribution is -0.155. The van der Waals surface area contributed by atoms with E-state index in [-0.39, 0.29) is 44.8 Å². The maximum Gasteiger partial charge on any atom is 0.312 e. The number of fused-ring (bicyclic) bond motifs is 2. The SMILES string of the molecule is C=CCN(Cn1nnc2ccccc21)C(=O)C1N(CCCO)C(=O)[C@@H]2[C@H](C(=O)OCC)[C@@H]3CCC12O3. The van der Waals surface area contributed by atoms with Crippen molar-refractivity contribution in [3.8, 4) is 0 Å². The van der Waals surface area contributed by atoms with E-state index in [1.54, 1.807) is 22.6 Å². The van der Waals surface area contributed by atoms with Gasteiger partial charge in [0.2, 0.25) is 11.8 Å². The Hall–Kier alpha value is -3.31. The van der Waals surface area contributed by atoms with Crippen LogP contribution in [0.5, 0.6) is 0 Å². The van der Waals surface area contributed by atoms with E-state index in [2.05, 4.69) is 16.9 Å². The van der Waals surface area contributed by atoms with Gasteiger partial charge in [0, 0.05) is 19.7 Å². The van der Waals surface area contributed by atoms with Crippen LogP contribution in [0.2, 0.25) is 0 Å². The summed E-state index contributed by atoms with van der Waals surface area (Å²) in [4.78, 5) is 43.8. The van der Waals surface area contributed by atoms with Crippen LogP contribution < -0.4 is 0 Å². The van der Waals surface area contributed by atoms with Gasteiger partial charge in [0.05, 0.1) is 30.1 Å². The lowest BCUT2D eigenvalue weighted by Crippen LogP contribution is -2.56.